The highest BCUT2D eigenvalue weighted by Gasteiger charge is 2.14. The molecule has 0 radical (unpaired) electrons. The summed E-state index contributed by atoms with van der Waals surface area (Å²) in [5, 5.41) is 2.41. The van der Waals surface area contributed by atoms with E-state index in [1.165, 1.54) is 10.8 Å². The molecule has 2 heterocycles. The summed E-state index contributed by atoms with van der Waals surface area (Å²) in [7, 11) is 0. The first-order valence-electron chi connectivity index (χ1n) is 13.2. The Morgan fingerprint density at radius 2 is 1.00 bits per heavy atom. The second-order valence-electron chi connectivity index (χ2n) is 9.65. The van der Waals surface area contributed by atoms with E-state index in [4.69, 9.17) is 9.97 Å². The van der Waals surface area contributed by atoms with Gasteiger partial charge in [0, 0.05) is 28.5 Å². The zero-order valence-corrected chi connectivity index (χ0v) is 21.6. The molecular formula is C36H24N4. The molecular weight excluding hydrogens is 488 g/mol. The molecule has 7 rings (SSSR count). The number of rotatable bonds is 5. The standard InChI is InChI=1S/C36H24N4/c1-3-10-26(11-4-1)34-23-35(27-12-5-2-6-13-27)40-36(39-34)32-21-30(20-31(22-32)33-17-18-37-24-38-33)29-16-15-25-9-7-8-14-28(25)19-29/h1-24H. The van der Waals surface area contributed by atoms with Crippen LogP contribution in [-0.4, -0.2) is 19.9 Å². The maximum Gasteiger partial charge on any atom is 0.160 e. The molecule has 0 aliphatic carbocycles. The Balaban J connectivity index is 1.45. The molecule has 0 aliphatic heterocycles. The summed E-state index contributed by atoms with van der Waals surface area (Å²) in [6.45, 7) is 0. The summed E-state index contributed by atoms with van der Waals surface area (Å²) >= 11 is 0. The zero-order valence-electron chi connectivity index (χ0n) is 21.6. The summed E-state index contributed by atoms with van der Waals surface area (Å²) < 4.78 is 0. The van der Waals surface area contributed by atoms with Crippen molar-refractivity contribution in [1.82, 2.24) is 19.9 Å². The van der Waals surface area contributed by atoms with Crippen molar-refractivity contribution in [3.05, 3.63) is 146 Å². The summed E-state index contributed by atoms with van der Waals surface area (Å²) in [6.07, 6.45) is 3.35. The van der Waals surface area contributed by atoms with E-state index in [-0.39, 0.29) is 0 Å². The Morgan fingerprint density at radius 3 is 1.68 bits per heavy atom. The molecule has 0 saturated carbocycles. The number of hydrogen-bond donors (Lipinski definition) is 0. The van der Waals surface area contributed by atoms with Gasteiger partial charge in [0.25, 0.3) is 0 Å². The zero-order chi connectivity index (χ0) is 26.7. The molecule has 0 amide bonds. The second-order valence-corrected chi connectivity index (χ2v) is 9.65. The van der Waals surface area contributed by atoms with Crippen molar-refractivity contribution in [3.63, 3.8) is 0 Å². The number of hydrogen-bond acceptors (Lipinski definition) is 4. The fraction of sp³-hybridized carbons (Fsp3) is 0. The van der Waals surface area contributed by atoms with Crippen LogP contribution in [0.15, 0.2) is 146 Å². The highest BCUT2D eigenvalue weighted by molar-refractivity contribution is 5.89. The molecule has 0 spiro atoms. The van der Waals surface area contributed by atoms with Crippen molar-refractivity contribution in [1.29, 1.82) is 0 Å². The van der Waals surface area contributed by atoms with Crippen molar-refractivity contribution >= 4 is 10.8 Å². The van der Waals surface area contributed by atoms with Crippen LogP contribution in [0.25, 0.3) is 67.1 Å². The van der Waals surface area contributed by atoms with Gasteiger partial charge in [0.05, 0.1) is 17.1 Å². The molecule has 0 bridgehead atoms. The van der Waals surface area contributed by atoms with Crippen LogP contribution in [0, 0.1) is 0 Å². The van der Waals surface area contributed by atoms with Gasteiger partial charge >= 0.3 is 0 Å². The van der Waals surface area contributed by atoms with Gasteiger partial charge in [-0.1, -0.05) is 97.1 Å². The highest BCUT2D eigenvalue weighted by atomic mass is 14.9. The van der Waals surface area contributed by atoms with E-state index in [0.717, 1.165) is 50.5 Å². The molecule has 0 unspecified atom stereocenters. The van der Waals surface area contributed by atoms with Gasteiger partial charge in [-0.25, -0.2) is 19.9 Å². The van der Waals surface area contributed by atoms with Crippen LogP contribution in [0.5, 0.6) is 0 Å². The monoisotopic (exact) mass is 512 g/mol. The van der Waals surface area contributed by atoms with Gasteiger partial charge < -0.3 is 0 Å². The van der Waals surface area contributed by atoms with Crippen LogP contribution < -0.4 is 0 Å². The molecule has 0 aliphatic rings. The quantitative estimate of drug-likeness (QED) is 0.231. The maximum atomic E-state index is 5.08. The number of benzene rings is 5. The van der Waals surface area contributed by atoms with Gasteiger partial charge in [0.2, 0.25) is 0 Å². The minimum atomic E-state index is 0.665. The predicted molar refractivity (Wildman–Crippen MR) is 162 cm³/mol. The predicted octanol–water partition coefficient (Wildman–Crippen LogP) is 8.75. The largest absolute Gasteiger partial charge is 0.245 e. The third-order valence-corrected chi connectivity index (χ3v) is 7.02. The third kappa shape index (κ3) is 4.74. The van der Waals surface area contributed by atoms with Crippen LogP contribution in [-0.2, 0) is 0 Å². The number of aromatic nitrogens is 4. The van der Waals surface area contributed by atoms with E-state index < -0.39 is 0 Å². The Bertz CT molecular complexity index is 1880. The van der Waals surface area contributed by atoms with Gasteiger partial charge in [-0.15, -0.1) is 0 Å². The van der Waals surface area contributed by atoms with Crippen molar-refractivity contribution in [2.45, 2.75) is 0 Å². The van der Waals surface area contributed by atoms with Gasteiger partial charge in [-0.3, -0.25) is 0 Å². The van der Waals surface area contributed by atoms with Crippen LogP contribution in [0.1, 0.15) is 0 Å². The van der Waals surface area contributed by atoms with Crippen molar-refractivity contribution in [2.24, 2.45) is 0 Å². The Labute approximate surface area is 232 Å². The highest BCUT2D eigenvalue weighted by Crippen LogP contribution is 2.34. The summed E-state index contributed by atoms with van der Waals surface area (Å²) in [4.78, 5) is 18.8. The molecule has 188 valence electrons. The summed E-state index contributed by atoms with van der Waals surface area (Å²) in [5.41, 5.74) is 8.81. The third-order valence-electron chi connectivity index (χ3n) is 7.02. The first-order chi connectivity index (χ1) is 19.8. The summed E-state index contributed by atoms with van der Waals surface area (Å²) in [5.74, 6) is 0.665. The lowest BCUT2D eigenvalue weighted by Crippen LogP contribution is -1.97. The van der Waals surface area contributed by atoms with E-state index >= 15 is 0 Å². The first kappa shape index (κ1) is 23.6. The smallest absolute Gasteiger partial charge is 0.160 e. The molecule has 2 aromatic heterocycles. The van der Waals surface area contributed by atoms with E-state index in [1.54, 1.807) is 12.5 Å². The fourth-order valence-corrected chi connectivity index (χ4v) is 4.99. The van der Waals surface area contributed by atoms with Gasteiger partial charge in [-0.2, -0.15) is 0 Å². The Hall–Kier alpha value is -5.48. The Morgan fingerprint density at radius 1 is 0.375 bits per heavy atom. The summed E-state index contributed by atoms with van der Waals surface area (Å²) in [6, 6.07) is 46.0. The minimum Gasteiger partial charge on any atom is -0.245 e. The van der Waals surface area contributed by atoms with Crippen molar-refractivity contribution < 1.29 is 0 Å². The molecule has 0 atom stereocenters. The molecule has 7 aromatic rings. The number of fused-ring (bicyclic) bond motifs is 1. The van der Waals surface area contributed by atoms with Crippen molar-refractivity contribution in [2.75, 3.05) is 0 Å². The molecule has 0 fully saturated rings. The van der Waals surface area contributed by atoms with Crippen LogP contribution in [0.2, 0.25) is 0 Å². The average molecular weight is 513 g/mol. The average Bonchev–Trinajstić information content (AvgIpc) is 3.05. The molecule has 0 saturated heterocycles. The van der Waals surface area contributed by atoms with Crippen molar-refractivity contribution in [3.8, 4) is 56.3 Å². The van der Waals surface area contributed by atoms with Gasteiger partial charge in [-0.05, 0) is 58.3 Å². The molecule has 4 nitrogen and oxygen atoms in total. The lowest BCUT2D eigenvalue weighted by Gasteiger charge is -2.13. The first-order valence-corrected chi connectivity index (χ1v) is 13.2. The van der Waals surface area contributed by atoms with E-state index in [0.29, 0.717) is 5.82 Å². The lowest BCUT2D eigenvalue weighted by atomic mass is 9.96. The second kappa shape index (κ2) is 10.4. The molecule has 5 aromatic carbocycles. The minimum absolute atomic E-state index is 0.665. The molecule has 40 heavy (non-hydrogen) atoms. The fourth-order valence-electron chi connectivity index (χ4n) is 4.99. The number of nitrogens with zero attached hydrogens (tertiary/aromatic N) is 4. The lowest BCUT2D eigenvalue weighted by molar-refractivity contribution is 1.17. The molecule has 0 N–H and O–H groups in total. The van der Waals surface area contributed by atoms with E-state index in [1.807, 2.05) is 42.5 Å². The van der Waals surface area contributed by atoms with Crippen LogP contribution in [0.3, 0.4) is 0 Å². The van der Waals surface area contributed by atoms with Gasteiger partial charge in [0.1, 0.15) is 6.33 Å². The van der Waals surface area contributed by atoms with E-state index in [2.05, 4.69) is 101 Å². The van der Waals surface area contributed by atoms with E-state index in [9.17, 15) is 0 Å². The SMILES string of the molecule is c1ccc(-c2cc(-c3ccccc3)nc(-c3cc(-c4ccc5ccccc5c4)cc(-c4ccncn4)c3)n2)cc1. The normalized spacial score (nSPS) is 11.0. The van der Waals surface area contributed by atoms with Gasteiger partial charge in [0.15, 0.2) is 5.82 Å². The maximum absolute atomic E-state index is 5.08. The Kier molecular flexibility index (Phi) is 6.11. The molecule has 4 heteroatoms. The topological polar surface area (TPSA) is 51.6 Å². The van der Waals surface area contributed by atoms with Crippen LogP contribution in [0.4, 0.5) is 0 Å². The van der Waals surface area contributed by atoms with Crippen LogP contribution >= 0.6 is 0 Å².